The molecule has 25 heavy (non-hydrogen) atoms. The normalized spacial score (nSPS) is 11.7. The Morgan fingerprint density at radius 2 is 1.92 bits per heavy atom. The Hall–Kier alpha value is -2.15. The zero-order valence-electron chi connectivity index (χ0n) is 15.1. The van der Waals surface area contributed by atoms with Crippen LogP contribution in [0, 0.1) is 13.8 Å². The second-order valence-electron chi connectivity index (χ2n) is 6.35. The van der Waals surface area contributed by atoms with E-state index in [1.54, 1.807) is 32.0 Å². The largest absolute Gasteiger partial charge is 0.352 e. The molecule has 1 amide bonds. The quantitative estimate of drug-likeness (QED) is 0.767. The van der Waals surface area contributed by atoms with Crippen molar-refractivity contribution < 1.29 is 13.2 Å². The van der Waals surface area contributed by atoms with E-state index in [9.17, 15) is 13.2 Å². The monoisotopic (exact) mass is 363 g/mol. The fraction of sp³-hybridized carbons (Fsp3) is 0.444. The molecular weight excluding hydrogens is 338 g/mol. The first-order valence-corrected chi connectivity index (χ1v) is 9.90. The zero-order chi connectivity index (χ0) is 18.6. The van der Waals surface area contributed by atoms with Crippen LogP contribution in [0.25, 0.3) is 0 Å². The molecule has 1 heterocycles. The highest BCUT2D eigenvalue weighted by Gasteiger charge is 2.24. The number of nitrogens with zero attached hydrogens (tertiary/aromatic N) is 2. The zero-order valence-corrected chi connectivity index (χ0v) is 15.9. The number of sulfone groups is 1. The van der Waals surface area contributed by atoms with Crippen LogP contribution in [0.2, 0.25) is 0 Å². The van der Waals surface area contributed by atoms with Crippen LogP contribution < -0.4 is 5.32 Å². The lowest BCUT2D eigenvalue weighted by Gasteiger charge is -2.13. The van der Waals surface area contributed by atoms with Gasteiger partial charge in [-0.1, -0.05) is 12.1 Å². The lowest BCUT2D eigenvalue weighted by molar-refractivity contribution is 0.0949. The van der Waals surface area contributed by atoms with E-state index < -0.39 is 15.1 Å². The molecule has 0 aliphatic carbocycles. The van der Waals surface area contributed by atoms with Crippen LogP contribution >= 0.6 is 0 Å². The average molecular weight is 363 g/mol. The predicted octanol–water partition coefficient (Wildman–Crippen LogP) is 2.50. The summed E-state index contributed by atoms with van der Waals surface area (Å²) in [6.45, 7) is 8.30. The van der Waals surface area contributed by atoms with Gasteiger partial charge in [0.2, 0.25) is 0 Å². The van der Waals surface area contributed by atoms with Crippen molar-refractivity contribution in [3.8, 4) is 0 Å². The summed E-state index contributed by atoms with van der Waals surface area (Å²) in [5.74, 6) is -0.367. The summed E-state index contributed by atoms with van der Waals surface area (Å²) < 4.78 is 26.7. The molecule has 7 heteroatoms. The highest BCUT2D eigenvalue weighted by atomic mass is 32.2. The van der Waals surface area contributed by atoms with Gasteiger partial charge in [-0.3, -0.25) is 9.48 Å². The van der Waals surface area contributed by atoms with Gasteiger partial charge in [-0.15, -0.1) is 0 Å². The van der Waals surface area contributed by atoms with E-state index in [0.717, 1.165) is 11.4 Å². The Labute approximate surface area is 149 Å². The number of rotatable bonds is 7. The summed E-state index contributed by atoms with van der Waals surface area (Å²) >= 11 is 0. The van der Waals surface area contributed by atoms with Gasteiger partial charge in [-0.05, 0) is 52.3 Å². The molecule has 1 aromatic carbocycles. The molecule has 0 aliphatic rings. The van der Waals surface area contributed by atoms with Gasteiger partial charge in [0.15, 0.2) is 9.84 Å². The molecule has 0 unspecified atom stereocenters. The van der Waals surface area contributed by atoms with E-state index in [2.05, 4.69) is 10.4 Å². The van der Waals surface area contributed by atoms with Crippen molar-refractivity contribution in [1.82, 2.24) is 15.1 Å². The maximum absolute atomic E-state index is 12.4. The molecule has 2 rings (SSSR count). The number of nitrogens with one attached hydrogen (secondary N) is 1. The van der Waals surface area contributed by atoms with E-state index in [4.69, 9.17) is 0 Å². The van der Waals surface area contributed by atoms with E-state index in [1.165, 1.54) is 6.07 Å². The maximum atomic E-state index is 12.4. The third-order valence-electron chi connectivity index (χ3n) is 3.99. The van der Waals surface area contributed by atoms with Gasteiger partial charge in [0.05, 0.1) is 21.4 Å². The molecule has 0 saturated carbocycles. The SMILES string of the molecule is Cc1cc(C)n(CCCNC(=O)c2ccccc2S(=O)(=O)C(C)C)n1. The third-order valence-corrected chi connectivity index (χ3v) is 6.20. The summed E-state index contributed by atoms with van der Waals surface area (Å²) in [6.07, 6.45) is 0.715. The summed E-state index contributed by atoms with van der Waals surface area (Å²) in [4.78, 5) is 12.5. The first-order chi connectivity index (χ1) is 11.7. The Morgan fingerprint density at radius 1 is 1.24 bits per heavy atom. The number of aromatic nitrogens is 2. The summed E-state index contributed by atoms with van der Waals surface area (Å²) in [5, 5.41) is 6.60. The molecule has 0 atom stereocenters. The van der Waals surface area contributed by atoms with Crippen LogP contribution in [-0.2, 0) is 16.4 Å². The highest BCUT2D eigenvalue weighted by Crippen LogP contribution is 2.20. The van der Waals surface area contributed by atoms with Gasteiger partial charge in [0.1, 0.15) is 0 Å². The summed E-state index contributed by atoms with van der Waals surface area (Å²) in [6, 6.07) is 8.34. The van der Waals surface area contributed by atoms with Gasteiger partial charge < -0.3 is 5.32 Å². The minimum absolute atomic E-state index is 0.0843. The molecule has 6 nitrogen and oxygen atoms in total. The van der Waals surface area contributed by atoms with Gasteiger partial charge in [0.25, 0.3) is 5.91 Å². The van der Waals surface area contributed by atoms with Crippen LogP contribution in [0.1, 0.15) is 42.0 Å². The van der Waals surface area contributed by atoms with Crippen molar-refractivity contribution in [3.63, 3.8) is 0 Å². The molecule has 1 N–H and O–H groups in total. The first-order valence-electron chi connectivity index (χ1n) is 8.35. The van der Waals surface area contributed by atoms with Crippen LogP contribution in [0.3, 0.4) is 0 Å². The molecule has 0 saturated heterocycles. The average Bonchev–Trinajstić information content (AvgIpc) is 2.88. The minimum atomic E-state index is -3.50. The van der Waals surface area contributed by atoms with Crippen molar-refractivity contribution >= 4 is 15.7 Å². The second kappa shape index (κ2) is 7.82. The van der Waals surface area contributed by atoms with E-state index in [0.29, 0.717) is 19.5 Å². The van der Waals surface area contributed by atoms with Crippen molar-refractivity contribution in [2.24, 2.45) is 0 Å². The van der Waals surface area contributed by atoms with Gasteiger partial charge >= 0.3 is 0 Å². The van der Waals surface area contributed by atoms with E-state index in [-0.39, 0.29) is 16.4 Å². The molecular formula is C18H25N3O3S. The smallest absolute Gasteiger partial charge is 0.252 e. The molecule has 1 aromatic heterocycles. The van der Waals surface area contributed by atoms with Crippen LogP contribution in [0.5, 0.6) is 0 Å². The number of carbonyl (C=O) groups excluding carboxylic acids is 1. The Morgan fingerprint density at radius 3 is 2.52 bits per heavy atom. The minimum Gasteiger partial charge on any atom is -0.352 e. The maximum Gasteiger partial charge on any atom is 0.252 e. The molecule has 0 aliphatic heterocycles. The second-order valence-corrected chi connectivity index (χ2v) is 8.82. The lowest BCUT2D eigenvalue weighted by atomic mass is 10.2. The van der Waals surface area contributed by atoms with Gasteiger partial charge in [0, 0.05) is 18.8 Å². The topological polar surface area (TPSA) is 81.1 Å². The van der Waals surface area contributed by atoms with Gasteiger partial charge in [-0.25, -0.2) is 8.42 Å². The Bertz CT molecular complexity index is 854. The molecule has 0 spiro atoms. The van der Waals surface area contributed by atoms with Gasteiger partial charge in [-0.2, -0.15) is 5.10 Å². The fourth-order valence-corrected chi connectivity index (χ4v) is 3.83. The van der Waals surface area contributed by atoms with E-state index in [1.807, 2.05) is 24.6 Å². The number of aryl methyl sites for hydroxylation is 3. The van der Waals surface area contributed by atoms with Crippen molar-refractivity contribution in [3.05, 3.63) is 47.3 Å². The fourth-order valence-electron chi connectivity index (χ4n) is 2.58. The third kappa shape index (κ3) is 4.48. The standard InChI is InChI=1S/C18H25N3O3S/c1-13(2)25(23,24)17-9-6-5-8-16(17)18(22)19-10-7-11-21-15(4)12-14(3)20-21/h5-6,8-9,12-13H,7,10-11H2,1-4H3,(H,19,22). The number of amides is 1. The summed E-state index contributed by atoms with van der Waals surface area (Å²) in [5.41, 5.74) is 2.24. The van der Waals surface area contributed by atoms with Crippen LogP contribution in [0.15, 0.2) is 35.2 Å². The van der Waals surface area contributed by atoms with E-state index >= 15 is 0 Å². The first kappa shape index (κ1) is 19.2. The molecule has 0 fully saturated rings. The number of hydrogen-bond donors (Lipinski definition) is 1. The molecule has 136 valence electrons. The Kier molecular flexibility index (Phi) is 6.00. The summed E-state index contributed by atoms with van der Waals surface area (Å²) in [7, 11) is -3.50. The Balaban J connectivity index is 2.01. The number of hydrogen-bond acceptors (Lipinski definition) is 4. The molecule has 0 bridgehead atoms. The van der Waals surface area contributed by atoms with Crippen LogP contribution in [0.4, 0.5) is 0 Å². The lowest BCUT2D eigenvalue weighted by Crippen LogP contribution is -2.28. The van der Waals surface area contributed by atoms with Crippen LogP contribution in [-0.4, -0.2) is 35.9 Å². The molecule has 0 radical (unpaired) electrons. The van der Waals surface area contributed by atoms with Crippen molar-refractivity contribution in [2.75, 3.05) is 6.54 Å². The highest BCUT2D eigenvalue weighted by molar-refractivity contribution is 7.92. The molecule has 2 aromatic rings. The number of carbonyl (C=O) groups is 1. The van der Waals surface area contributed by atoms with Crippen molar-refractivity contribution in [2.45, 2.75) is 50.8 Å². The predicted molar refractivity (Wildman–Crippen MR) is 97.4 cm³/mol. The van der Waals surface area contributed by atoms with Crippen molar-refractivity contribution in [1.29, 1.82) is 0 Å². The number of benzene rings is 1.